The Hall–Kier alpha value is -1.98. The lowest BCUT2D eigenvalue weighted by Crippen LogP contribution is -2.30. The Balaban J connectivity index is 5.26. The molecule has 0 spiro atoms. The van der Waals surface area contributed by atoms with Gasteiger partial charge in [0, 0.05) is 5.92 Å². The molecule has 1 N–H and O–H groups in total. The average Bonchev–Trinajstić information content (AvgIpc) is 2.30. The van der Waals surface area contributed by atoms with Crippen LogP contribution in [0.5, 0.6) is 0 Å². The highest BCUT2D eigenvalue weighted by atomic mass is 16.5. The highest BCUT2D eigenvalue weighted by molar-refractivity contribution is 5.91. The Bertz CT molecular complexity index is 344. The van der Waals surface area contributed by atoms with Gasteiger partial charge in [-0.15, -0.1) is 0 Å². The van der Waals surface area contributed by atoms with Gasteiger partial charge in [-0.1, -0.05) is 6.08 Å². The molecule has 2 unspecified atom stereocenters. The van der Waals surface area contributed by atoms with Crippen molar-refractivity contribution in [2.24, 2.45) is 11.8 Å². The molecular formula is C11H14O6. The summed E-state index contributed by atoms with van der Waals surface area (Å²) in [6.45, 7) is 1.53. The van der Waals surface area contributed by atoms with Gasteiger partial charge < -0.3 is 14.6 Å². The molecule has 0 amide bonds. The Labute approximate surface area is 98.3 Å². The lowest BCUT2D eigenvalue weighted by Gasteiger charge is -2.19. The fourth-order valence-corrected chi connectivity index (χ4v) is 1.46. The monoisotopic (exact) mass is 242 g/mol. The van der Waals surface area contributed by atoms with Crippen molar-refractivity contribution in [3.05, 3.63) is 11.6 Å². The smallest absolute Gasteiger partial charge is 0.316 e. The minimum absolute atomic E-state index is 0.0925. The predicted molar refractivity (Wildman–Crippen MR) is 57.1 cm³/mol. The van der Waals surface area contributed by atoms with E-state index in [0.29, 0.717) is 12.6 Å². The fourth-order valence-electron chi connectivity index (χ4n) is 1.46. The van der Waals surface area contributed by atoms with Gasteiger partial charge in [-0.2, -0.15) is 0 Å². The van der Waals surface area contributed by atoms with E-state index >= 15 is 0 Å². The summed E-state index contributed by atoms with van der Waals surface area (Å²) in [5.74, 6) is -4.34. The van der Waals surface area contributed by atoms with Gasteiger partial charge in [0.1, 0.15) is 18.5 Å². The van der Waals surface area contributed by atoms with Crippen LogP contribution in [0.15, 0.2) is 11.6 Å². The maximum Gasteiger partial charge on any atom is 0.316 e. The fraction of sp³-hybridized carbons (Fsp3) is 0.455. The van der Waals surface area contributed by atoms with Gasteiger partial charge in [-0.05, 0) is 12.5 Å². The predicted octanol–water partition coefficient (Wildman–Crippen LogP) is 0.211. The van der Waals surface area contributed by atoms with Crippen molar-refractivity contribution in [3.63, 3.8) is 0 Å². The van der Waals surface area contributed by atoms with Gasteiger partial charge in [0.15, 0.2) is 0 Å². The summed E-state index contributed by atoms with van der Waals surface area (Å²) in [5.41, 5.74) is 0.0925. The number of hydrogen-bond acceptors (Lipinski definition) is 5. The van der Waals surface area contributed by atoms with Crippen molar-refractivity contribution in [2.75, 3.05) is 7.11 Å². The number of methoxy groups -OCH3 is 1. The zero-order valence-electron chi connectivity index (χ0n) is 9.58. The number of aldehydes is 2. The van der Waals surface area contributed by atoms with Crippen LogP contribution in [0.3, 0.4) is 0 Å². The van der Waals surface area contributed by atoms with Crippen molar-refractivity contribution in [3.8, 4) is 0 Å². The SMILES string of the molecule is C/C=C(\C=O)C(CC(=O)O)C(C=O)C(=O)OC. The van der Waals surface area contributed by atoms with Crippen LogP contribution in [0, 0.1) is 11.8 Å². The van der Waals surface area contributed by atoms with Crippen LogP contribution in [-0.2, 0) is 23.9 Å². The molecule has 0 bridgehead atoms. The van der Waals surface area contributed by atoms with E-state index in [9.17, 15) is 19.2 Å². The summed E-state index contributed by atoms with van der Waals surface area (Å²) in [6.07, 6.45) is 1.62. The molecule has 0 aromatic carbocycles. The number of hydrogen-bond donors (Lipinski definition) is 1. The van der Waals surface area contributed by atoms with Crippen LogP contribution in [-0.4, -0.2) is 36.7 Å². The normalized spacial score (nSPS) is 14.6. The minimum Gasteiger partial charge on any atom is -0.481 e. The number of carboxylic acid groups (broad SMARTS) is 1. The largest absolute Gasteiger partial charge is 0.481 e. The third kappa shape index (κ3) is 4.18. The summed E-state index contributed by atoms with van der Waals surface area (Å²) in [5, 5.41) is 8.71. The lowest BCUT2D eigenvalue weighted by atomic mass is 9.84. The van der Waals surface area contributed by atoms with E-state index in [2.05, 4.69) is 4.74 Å². The third-order valence-corrected chi connectivity index (χ3v) is 2.35. The third-order valence-electron chi connectivity index (χ3n) is 2.35. The summed E-state index contributed by atoms with van der Waals surface area (Å²) in [7, 11) is 1.09. The molecule has 94 valence electrons. The highest BCUT2D eigenvalue weighted by Crippen LogP contribution is 2.23. The summed E-state index contributed by atoms with van der Waals surface area (Å²) in [4.78, 5) is 43.6. The van der Waals surface area contributed by atoms with Gasteiger partial charge >= 0.3 is 11.9 Å². The molecule has 17 heavy (non-hydrogen) atoms. The Kier molecular flexibility index (Phi) is 6.47. The molecular weight excluding hydrogens is 228 g/mol. The lowest BCUT2D eigenvalue weighted by molar-refractivity contribution is -0.149. The molecule has 0 rings (SSSR count). The van der Waals surface area contributed by atoms with Crippen molar-refractivity contribution in [1.82, 2.24) is 0 Å². The first-order chi connectivity index (χ1) is 8.01. The number of carbonyl (C=O) groups excluding carboxylic acids is 3. The topological polar surface area (TPSA) is 97.7 Å². The summed E-state index contributed by atoms with van der Waals surface area (Å²) >= 11 is 0. The van der Waals surface area contributed by atoms with Crippen LogP contribution in [0.1, 0.15) is 13.3 Å². The molecule has 2 atom stereocenters. The molecule has 0 heterocycles. The van der Waals surface area contributed by atoms with E-state index in [0.717, 1.165) is 7.11 Å². The van der Waals surface area contributed by atoms with Gasteiger partial charge in [-0.25, -0.2) is 0 Å². The van der Waals surface area contributed by atoms with E-state index in [1.54, 1.807) is 0 Å². The number of allylic oxidation sites excluding steroid dienone is 2. The molecule has 0 saturated heterocycles. The summed E-state index contributed by atoms with van der Waals surface area (Å²) < 4.78 is 4.40. The Morgan fingerprint density at radius 3 is 2.24 bits per heavy atom. The Morgan fingerprint density at radius 1 is 1.35 bits per heavy atom. The first-order valence-corrected chi connectivity index (χ1v) is 4.88. The quantitative estimate of drug-likeness (QED) is 0.296. The number of ether oxygens (including phenoxy) is 1. The van der Waals surface area contributed by atoms with E-state index in [4.69, 9.17) is 5.11 Å². The standard InChI is InChI=1S/C11H14O6/c1-3-7(5-12)8(4-10(14)15)9(6-13)11(16)17-2/h3,5-6,8-9H,4H2,1-2H3,(H,14,15)/b7-3+. The van der Waals surface area contributed by atoms with Gasteiger partial charge in [0.05, 0.1) is 13.5 Å². The number of carboxylic acids is 1. The van der Waals surface area contributed by atoms with E-state index in [1.807, 2.05) is 0 Å². The van der Waals surface area contributed by atoms with Gasteiger partial charge in [0.25, 0.3) is 0 Å². The minimum atomic E-state index is -1.28. The number of rotatable bonds is 7. The molecule has 0 radical (unpaired) electrons. The summed E-state index contributed by atoms with van der Waals surface area (Å²) in [6, 6.07) is 0. The second kappa shape index (κ2) is 7.32. The van der Waals surface area contributed by atoms with Crippen molar-refractivity contribution < 1.29 is 29.0 Å². The first kappa shape index (κ1) is 15.0. The second-order valence-electron chi connectivity index (χ2n) is 3.30. The van der Waals surface area contributed by atoms with Crippen LogP contribution in [0.25, 0.3) is 0 Å². The molecule has 0 aromatic heterocycles. The molecule has 0 fully saturated rings. The zero-order chi connectivity index (χ0) is 13.4. The van der Waals surface area contributed by atoms with Crippen LogP contribution < -0.4 is 0 Å². The van der Waals surface area contributed by atoms with E-state index in [1.165, 1.54) is 13.0 Å². The zero-order valence-corrected chi connectivity index (χ0v) is 9.58. The molecule has 0 saturated carbocycles. The maximum absolute atomic E-state index is 11.3. The molecule has 0 aromatic rings. The van der Waals surface area contributed by atoms with Gasteiger partial charge in [0.2, 0.25) is 0 Å². The highest BCUT2D eigenvalue weighted by Gasteiger charge is 2.33. The second-order valence-corrected chi connectivity index (χ2v) is 3.30. The maximum atomic E-state index is 11.3. The number of carbonyl (C=O) groups is 4. The molecule has 0 aliphatic heterocycles. The van der Waals surface area contributed by atoms with Crippen molar-refractivity contribution in [1.29, 1.82) is 0 Å². The molecule has 6 heteroatoms. The number of aliphatic carboxylic acids is 1. The number of esters is 1. The first-order valence-electron chi connectivity index (χ1n) is 4.88. The molecule has 6 nitrogen and oxygen atoms in total. The Morgan fingerprint density at radius 2 is 1.94 bits per heavy atom. The molecule has 0 aliphatic rings. The van der Waals surface area contributed by atoms with Crippen molar-refractivity contribution in [2.45, 2.75) is 13.3 Å². The van der Waals surface area contributed by atoms with Crippen LogP contribution in [0.2, 0.25) is 0 Å². The van der Waals surface area contributed by atoms with Crippen LogP contribution in [0.4, 0.5) is 0 Å². The molecule has 0 aliphatic carbocycles. The van der Waals surface area contributed by atoms with E-state index < -0.39 is 30.2 Å². The van der Waals surface area contributed by atoms with E-state index in [-0.39, 0.29) is 5.57 Å². The average molecular weight is 242 g/mol. The van der Waals surface area contributed by atoms with Crippen molar-refractivity contribution >= 4 is 24.5 Å². The van der Waals surface area contributed by atoms with Crippen LogP contribution >= 0.6 is 0 Å². The van der Waals surface area contributed by atoms with Gasteiger partial charge in [-0.3, -0.25) is 14.4 Å².